The number of carboxylic acids is 1. The first kappa shape index (κ1) is 30.5. The zero-order chi connectivity index (χ0) is 32.2. The molecule has 238 valence electrons. The molecule has 6 rings (SSSR count). The van der Waals surface area contributed by atoms with Gasteiger partial charge in [0.1, 0.15) is 34.6 Å². The number of piperazine rings is 1. The standard InChI is InChI=1S/C30H34FN7O6S/c1-15-4-7-22-18(10-15)23(32-33-30(45)34-43)28(40)38(22)14-36-9-8-35(12-16(36)2)25-21(31)11-19-24(27(25)44-3)37(17-5-6-17)13-20(26(19)39)29(41)42/h4,7,10-11,13,16-17,19,24,32,40H,5-6,8-9,12,14H2,1-3H3,(H,33,45)(H,41,42). The molecule has 1 aromatic carbocycles. The van der Waals surface area contributed by atoms with E-state index in [4.69, 9.17) is 17.0 Å². The molecule has 2 aliphatic heterocycles. The van der Waals surface area contributed by atoms with Crippen LogP contribution >= 0.6 is 12.2 Å². The van der Waals surface area contributed by atoms with Crippen LogP contribution in [0.25, 0.3) is 10.9 Å². The molecule has 45 heavy (non-hydrogen) atoms. The summed E-state index contributed by atoms with van der Waals surface area (Å²) in [7, 11) is 1.45. The molecule has 2 aliphatic carbocycles. The van der Waals surface area contributed by atoms with Gasteiger partial charge >= 0.3 is 5.97 Å². The maximum absolute atomic E-state index is 15.9. The predicted molar refractivity (Wildman–Crippen MR) is 167 cm³/mol. The summed E-state index contributed by atoms with van der Waals surface area (Å²) in [4.78, 5) is 41.6. The van der Waals surface area contributed by atoms with Crippen molar-refractivity contribution in [3.8, 4) is 5.88 Å². The van der Waals surface area contributed by atoms with Crippen LogP contribution in [0.15, 0.2) is 58.5 Å². The molecular formula is C30H34FN7O6S. The number of aliphatic carboxylic acids is 1. The molecule has 13 nitrogen and oxygen atoms in total. The number of benzene rings is 1. The number of hydrazine groups is 1. The monoisotopic (exact) mass is 639 g/mol. The molecule has 3 atom stereocenters. The summed E-state index contributed by atoms with van der Waals surface area (Å²) in [6.45, 7) is 5.65. The third-order valence-electron chi connectivity index (χ3n) is 8.95. The lowest BCUT2D eigenvalue weighted by Gasteiger charge is -2.46. The third kappa shape index (κ3) is 5.39. The van der Waals surface area contributed by atoms with E-state index in [1.54, 1.807) is 4.57 Å². The maximum atomic E-state index is 15.9. The van der Waals surface area contributed by atoms with Crippen LogP contribution in [0.2, 0.25) is 0 Å². The number of aromatic nitrogens is 1. The van der Waals surface area contributed by atoms with E-state index < -0.39 is 29.5 Å². The third-order valence-corrected chi connectivity index (χ3v) is 9.13. The second-order valence-corrected chi connectivity index (χ2v) is 12.2. The molecular weight excluding hydrogens is 605 g/mol. The van der Waals surface area contributed by atoms with Gasteiger partial charge in [-0.3, -0.25) is 25.1 Å². The van der Waals surface area contributed by atoms with E-state index in [0.717, 1.165) is 29.3 Å². The van der Waals surface area contributed by atoms with E-state index in [2.05, 4.69) is 20.9 Å². The average molecular weight is 640 g/mol. The van der Waals surface area contributed by atoms with E-state index in [9.17, 15) is 24.7 Å². The highest BCUT2D eigenvalue weighted by atomic mass is 32.1. The first-order valence-electron chi connectivity index (χ1n) is 14.7. The molecule has 1 saturated carbocycles. The lowest BCUT2D eigenvalue weighted by Crippen LogP contribution is -2.54. The number of rotatable bonds is 8. The summed E-state index contributed by atoms with van der Waals surface area (Å²) in [6.07, 6.45) is 4.34. The van der Waals surface area contributed by atoms with Crippen molar-refractivity contribution in [3.63, 3.8) is 0 Å². The summed E-state index contributed by atoms with van der Waals surface area (Å²) in [6, 6.07) is 5.09. The predicted octanol–water partition coefficient (Wildman–Crippen LogP) is 3.31. The number of hydrogen-bond donors (Lipinski definition) is 4. The fourth-order valence-corrected chi connectivity index (χ4v) is 6.65. The summed E-state index contributed by atoms with van der Waals surface area (Å²) in [5.74, 6) is -3.31. The molecule has 1 saturated heterocycles. The highest BCUT2D eigenvalue weighted by molar-refractivity contribution is 7.80. The maximum Gasteiger partial charge on any atom is 0.340 e. The smallest absolute Gasteiger partial charge is 0.340 e. The minimum atomic E-state index is -1.33. The van der Waals surface area contributed by atoms with E-state index in [0.29, 0.717) is 37.7 Å². The minimum Gasteiger partial charge on any atom is -0.497 e. The Labute approximate surface area is 263 Å². The molecule has 1 aromatic heterocycles. The van der Waals surface area contributed by atoms with Crippen molar-refractivity contribution in [2.45, 2.75) is 51.5 Å². The van der Waals surface area contributed by atoms with Crippen LogP contribution in [0.5, 0.6) is 5.88 Å². The number of aromatic hydroxyl groups is 1. The van der Waals surface area contributed by atoms with Crippen LogP contribution in [-0.4, -0.2) is 91.2 Å². The van der Waals surface area contributed by atoms with Gasteiger partial charge in [-0.1, -0.05) is 11.6 Å². The second-order valence-electron chi connectivity index (χ2n) is 11.8. The van der Waals surface area contributed by atoms with Gasteiger partial charge in [0, 0.05) is 48.5 Å². The summed E-state index contributed by atoms with van der Waals surface area (Å²) in [5, 5.41) is 24.0. The number of carboxylic acid groups (broad SMARTS) is 1. The van der Waals surface area contributed by atoms with Gasteiger partial charge in [0.05, 0.1) is 25.2 Å². The Morgan fingerprint density at radius 1 is 1.27 bits per heavy atom. The summed E-state index contributed by atoms with van der Waals surface area (Å²) < 4.78 is 23.5. The Kier molecular flexibility index (Phi) is 7.99. The Bertz CT molecular complexity index is 1700. The number of nitroso groups, excluding NO2 is 1. The van der Waals surface area contributed by atoms with Gasteiger partial charge in [-0.05, 0) is 57.1 Å². The number of aryl methyl sites for hydroxylation is 1. The van der Waals surface area contributed by atoms with Crippen molar-refractivity contribution >= 4 is 45.7 Å². The number of nitrogens with one attached hydrogen (secondary N) is 2. The van der Waals surface area contributed by atoms with Crippen molar-refractivity contribution in [2.24, 2.45) is 11.1 Å². The van der Waals surface area contributed by atoms with Crippen molar-refractivity contribution in [1.82, 2.24) is 24.7 Å². The fraction of sp³-hybridized carbons (Fsp3) is 0.433. The van der Waals surface area contributed by atoms with E-state index in [-0.39, 0.29) is 34.3 Å². The molecule has 3 heterocycles. The molecule has 4 N–H and O–H groups in total. The summed E-state index contributed by atoms with van der Waals surface area (Å²) >= 11 is 4.82. The molecule has 0 radical (unpaired) electrons. The number of carbonyl (C=O) groups excluding carboxylic acids is 1. The van der Waals surface area contributed by atoms with Crippen LogP contribution in [0.4, 0.5) is 10.1 Å². The number of carbonyl (C=O) groups is 2. The van der Waals surface area contributed by atoms with Gasteiger partial charge in [0.2, 0.25) is 5.88 Å². The second kappa shape index (κ2) is 11.8. The van der Waals surface area contributed by atoms with Gasteiger partial charge in [-0.25, -0.2) is 9.18 Å². The van der Waals surface area contributed by atoms with Crippen LogP contribution in [0.3, 0.4) is 0 Å². The van der Waals surface area contributed by atoms with Crippen molar-refractivity contribution < 1.29 is 28.9 Å². The zero-order valence-corrected chi connectivity index (χ0v) is 25.8. The van der Waals surface area contributed by atoms with E-state index in [1.807, 2.05) is 41.8 Å². The Morgan fingerprint density at radius 2 is 2.02 bits per heavy atom. The van der Waals surface area contributed by atoms with Gasteiger partial charge in [-0.2, -0.15) is 0 Å². The highest BCUT2D eigenvalue weighted by Gasteiger charge is 2.50. The van der Waals surface area contributed by atoms with Gasteiger partial charge in [-0.15, -0.1) is 4.91 Å². The number of Topliss-reactive ketones (excluding diaryl/α,β-unsaturated/α-hetero) is 1. The summed E-state index contributed by atoms with van der Waals surface area (Å²) in [5.41, 5.74) is 7.34. The number of ketones is 1. The largest absolute Gasteiger partial charge is 0.497 e. The number of thiocarbonyl (C=S) groups is 1. The average Bonchev–Trinajstić information content (AvgIpc) is 3.82. The zero-order valence-electron chi connectivity index (χ0n) is 25.0. The molecule has 2 fully saturated rings. The van der Waals surface area contributed by atoms with Crippen molar-refractivity contribution in [1.29, 1.82) is 0 Å². The number of nitrogens with zero attached hydrogens (tertiary/aromatic N) is 5. The minimum absolute atomic E-state index is 0.0565. The number of anilines is 1. The first-order chi connectivity index (χ1) is 21.5. The fourth-order valence-electron chi connectivity index (χ4n) is 6.60. The Hall–Kier alpha value is -4.50. The van der Waals surface area contributed by atoms with E-state index >= 15 is 4.39 Å². The molecule has 0 amide bonds. The quantitative estimate of drug-likeness (QED) is 0.145. The molecule has 15 heteroatoms. The van der Waals surface area contributed by atoms with Crippen LogP contribution in [0, 0.1) is 17.7 Å². The molecule has 0 bridgehead atoms. The molecule has 2 aromatic rings. The number of hydrogen-bond acceptors (Lipinski definition) is 10. The molecule has 0 spiro atoms. The number of ether oxygens (including phenoxy) is 1. The molecule has 4 aliphatic rings. The lowest BCUT2D eigenvalue weighted by molar-refractivity contribution is -0.136. The number of halogens is 1. The SMILES string of the molecule is COC1=C(N2CCN(Cn3c(O)c(NNC(=S)N=O)c4cc(C)ccc43)C(C)C2)C(F)=CC2C(=O)C(C(=O)O)=CN(C3CC3)C12. The topological polar surface area (TPSA) is 152 Å². The first-order valence-corrected chi connectivity index (χ1v) is 15.1. The Balaban J connectivity index is 1.26. The molecule has 3 unspecified atom stereocenters. The number of fused-ring (bicyclic) bond motifs is 2. The van der Waals surface area contributed by atoms with Gasteiger partial charge in [0.15, 0.2) is 5.78 Å². The van der Waals surface area contributed by atoms with Gasteiger partial charge < -0.3 is 24.7 Å². The number of allylic oxidation sites excluding steroid dienone is 1. The van der Waals surface area contributed by atoms with Crippen molar-refractivity contribution in [2.75, 3.05) is 32.2 Å². The highest BCUT2D eigenvalue weighted by Crippen LogP contribution is 2.44. The van der Waals surface area contributed by atoms with Crippen LogP contribution < -0.4 is 10.9 Å². The van der Waals surface area contributed by atoms with E-state index in [1.165, 1.54) is 19.4 Å². The number of methoxy groups -OCH3 is 1. The van der Waals surface area contributed by atoms with Gasteiger partial charge in [0.25, 0.3) is 5.11 Å². The van der Waals surface area contributed by atoms with Crippen LogP contribution in [0.1, 0.15) is 25.3 Å². The Morgan fingerprint density at radius 3 is 2.67 bits per heavy atom. The lowest BCUT2D eigenvalue weighted by atomic mass is 9.81. The van der Waals surface area contributed by atoms with Crippen LogP contribution in [-0.2, 0) is 21.0 Å². The normalized spacial score (nSPS) is 23.8. The van der Waals surface area contributed by atoms with Crippen molar-refractivity contribution in [3.05, 3.63) is 63.8 Å².